The van der Waals surface area contributed by atoms with E-state index in [1.807, 2.05) is 0 Å². The van der Waals surface area contributed by atoms with Crippen LogP contribution in [0.3, 0.4) is 0 Å². The lowest BCUT2D eigenvalue weighted by Gasteiger charge is -2.71. The maximum absolute atomic E-state index is 15.5. The van der Waals surface area contributed by atoms with Crippen LogP contribution in [0.5, 0.6) is 0 Å². The standard InChI is InChI=1S/C15H13F4IN4O/c16-9-1-2-10(11(17)3-9)14(25,7-24-22-8-21-23-24)15(18,19)12-4-13(20,5-12)6-12/h1-3,8,25H,4-7H2. The van der Waals surface area contributed by atoms with E-state index in [-0.39, 0.29) is 22.7 Å². The summed E-state index contributed by atoms with van der Waals surface area (Å²) in [7, 11) is 0. The van der Waals surface area contributed by atoms with Crippen LogP contribution in [0.4, 0.5) is 17.6 Å². The van der Waals surface area contributed by atoms with Crippen LogP contribution >= 0.6 is 22.6 Å². The lowest BCUT2D eigenvalue weighted by Crippen LogP contribution is -2.75. The van der Waals surface area contributed by atoms with Crippen LogP contribution < -0.4 is 0 Å². The van der Waals surface area contributed by atoms with Gasteiger partial charge in [-0.15, -0.1) is 10.2 Å². The average molecular weight is 468 g/mol. The van der Waals surface area contributed by atoms with Crippen LogP contribution in [0.25, 0.3) is 0 Å². The quantitative estimate of drug-likeness (QED) is 0.417. The van der Waals surface area contributed by atoms with Crippen molar-refractivity contribution < 1.29 is 22.7 Å². The largest absolute Gasteiger partial charge is 0.377 e. The molecule has 3 aliphatic carbocycles. The topological polar surface area (TPSA) is 63.8 Å². The summed E-state index contributed by atoms with van der Waals surface area (Å²) in [6, 6.07) is 2.17. The van der Waals surface area contributed by atoms with Gasteiger partial charge in [0.25, 0.3) is 5.92 Å². The number of benzene rings is 1. The molecule has 2 bridgehead atoms. The highest BCUT2D eigenvalue weighted by Crippen LogP contribution is 2.79. The molecule has 0 saturated heterocycles. The molecule has 10 heteroatoms. The van der Waals surface area contributed by atoms with Crippen molar-refractivity contribution in [2.24, 2.45) is 5.41 Å². The van der Waals surface area contributed by atoms with Gasteiger partial charge in [0.05, 0.1) is 0 Å². The normalized spacial score (nSPS) is 30.3. The second-order valence-corrected chi connectivity index (χ2v) is 9.28. The van der Waals surface area contributed by atoms with Gasteiger partial charge in [0, 0.05) is 20.5 Å². The van der Waals surface area contributed by atoms with Crippen LogP contribution in [-0.2, 0) is 12.1 Å². The van der Waals surface area contributed by atoms with Crippen molar-refractivity contribution in [2.75, 3.05) is 0 Å². The fourth-order valence-corrected chi connectivity index (χ4v) is 6.27. The van der Waals surface area contributed by atoms with E-state index in [9.17, 15) is 13.9 Å². The second-order valence-electron chi connectivity index (χ2n) is 6.99. The zero-order chi connectivity index (χ0) is 18.1. The smallest absolute Gasteiger partial charge is 0.287 e. The van der Waals surface area contributed by atoms with Crippen molar-refractivity contribution in [3.8, 4) is 0 Å². The molecule has 1 aromatic carbocycles. The Morgan fingerprint density at radius 2 is 1.92 bits per heavy atom. The van der Waals surface area contributed by atoms with E-state index < -0.39 is 40.7 Å². The third kappa shape index (κ3) is 2.25. The molecule has 1 heterocycles. The molecule has 1 N–H and O–H groups in total. The summed E-state index contributed by atoms with van der Waals surface area (Å²) < 4.78 is 58.3. The molecule has 5 rings (SSSR count). The number of aromatic nitrogens is 4. The predicted octanol–water partition coefficient (Wildman–Crippen LogP) is 2.83. The summed E-state index contributed by atoms with van der Waals surface area (Å²) in [4.78, 5) is 0.780. The van der Waals surface area contributed by atoms with E-state index in [0.717, 1.165) is 23.3 Å². The van der Waals surface area contributed by atoms with E-state index in [4.69, 9.17) is 0 Å². The third-order valence-corrected chi connectivity index (χ3v) is 6.43. The summed E-state index contributed by atoms with van der Waals surface area (Å²) in [5, 5.41) is 21.6. The van der Waals surface area contributed by atoms with E-state index >= 15 is 8.78 Å². The van der Waals surface area contributed by atoms with Gasteiger partial charge in [-0.05, 0) is 36.6 Å². The summed E-state index contributed by atoms with van der Waals surface area (Å²) in [5.41, 5.74) is -5.00. The first-order chi connectivity index (χ1) is 11.6. The van der Waals surface area contributed by atoms with E-state index in [0.29, 0.717) is 6.07 Å². The Kier molecular flexibility index (Phi) is 3.51. The molecular weight excluding hydrogens is 455 g/mol. The highest BCUT2D eigenvalue weighted by Gasteiger charge is 2.81. The molecule has 1 atom stereocenters. The third-order valence-electron chi connectivity index (χ3n) is 5.29. The summed E-state index contributed by atoms with van der Waals surface area (Å²) in [6.45, 7) is -0.793. The summed E-state index contributed by atoms with van der Waals surface area (Å²) in [5.74, 6) is -5.81. The van der Waals surface area contributed by atoms with Gasteiger partial charge < -0.3 is 5.11 Å². The molecule has 0 aliphatic heterocycles. The Hall–Kier alpha value is -1.30. The zero-order valence-corrected chi connectivity index (χ0v) is 14.9. The minimum absolute atomic E-state index is 0.172. The van der Waals surface area contributed by atoms with E-state index in [1.54, 1.807) is 0 Å². The number of rotatable bonds is 5. The molecule has 0 spiro atoms. The van der Waals surface area contributed by atoms with E-state index in [1.165, 1.54) is 0 Å². The first-order valence-corrected chi connectivity index (χ1v) is 8.64. The first-order valence-electron chi connectivity index (χ1n) is 7.56. The van der Waals surface area contributed by atoms with Crippen molar-refractivity contribution in [3.05, 3.63) is 41.7 Å². The van der Waals surface area contributed by atoms with Crippen molar-refractivity contribution in [1.82, 2.24) is 20.2 Å². The van der Waals surface area contributed by atoms with Crippen molar-refractivity contribution in [2.45, 2.75) is 40.8 Å². The molecular formula is C15H13F4IN4O. The number of nitrogens with zero attached hydrogens (tertiary/aromatic N) is 4. The predicted molar refractivity (Wildman–Crippen MR) is 86.1 cm³/mol. The number of aliphatic hydroxyl groups is 1. The first kappa shape index (κ1) is 17.1. The SMILES string of the molecule is OC(Cn1ncnn1)(c1ccc(F)cc1F)C(F)(F)C12CC(I)(C1)C2. The van der Waals surface area contributed by atoms with Crippen LogP contribution in [0.2, 0.25) is 0 Å². The molecule has 1 aromatic heterocycles. The number of alkyl halides is 3. The van der Waals surface area contributed by atoms with Crippen molar-refractivity contribution in [1.29, 1.82) is 0 Å². The zero-order valence-electron chi connectivity index (χ0n) is 12.8. The van der Waals surface area contributed by atoms with Gasteiger partial charge in [-0.25, -0.2) is 17.6 Å². The molecule has 0 amide bonds. The lowest BCUT2D eigenvalue weighted by atomic mass is 9.40. The molecule has 5 nitrogen and oxygen atoms in total. The molecule has 1 unspecified atom stereocenters. The van der Waals surface area contributed by atoms with Crippen molar-refractivity contribution in [3.63, 3.8) is 0 Å². The number of hydrogen-bond donors (Lipinski definition) is 1. The Bertz CT molecular complexity index is 811. The highest BCUT2D eigenvalue weighted by molar-refractivity contribution is 14.1. The monoisotopic (exact) mass is 468 g/mol. The number of halogens is 5. The molecule has 25 heavy (non-hydrogen) atoms. The molecule has 3 aliphatic rings. The van der Waals surface area contributed by atoms with Gasteiger partial charge in [0.2, 0.25) is 0 Å². The van der Waals surface area contributed by atoms with Gasteiger partial charge >= 0.3 is 0 Å². The van der Waals surface area contributed by atoms with Crippen molar-refractivity contribution >= 4 is 22.6 Å². The van der Waals surface area contributed by atoms with Gasteiger partial charge in [-0.1, -0.05) is 22.6 Å². The van der Waals surface area contributed by atoms with Crippen LogP contribution in [0.1, 0.15) is 24.8 Å². The second kappa shape index (κ2) is 5.12. The number of hydrogen-bond acceptors (Lipinski definition) is 4. The fraction of sp³-hybridized carbons (Fsp3) is 0.533. The maximum atomic E-state index is 15.5. The van der Waals surface area contributed by atoms with Gasteiger partial charge in [-0.2, -0.15) is 4.80 Å². The summed E-state index contributed by atoms with van der Waals surface area (Å²) in [6.07, 6.45) is 1.75. The fourth-order valence-electron chi connectivity index (χ4n) is 4.08. The summed E-state index contributed by atoms with van der Waals surface area (Å²) >= 11 is 2.14. The Balaban J connectivity index is 1.81. The molecule has 2 aromatic rings. The Labute approximate surface area is 153 Å². The number of tetrazole rings is 1. The van der Waals surface area contributed by atoms with Crippen LogP contribution in [0, 0.1) is 17.0 Å². The lowest BCUT2D eigenvalue weighted by molar-refractivity contribution is -0.325. The molecule has 0 radical (unpaired) electrons. The maximum Gasteiger partial charge on any atom is 0.287 e. The molecule has 134 valence electrons. The molecule has 3 saturated carbocycles. The van der Waals surface area contributed by atoms with Crippen LogP contribution in [-0.4, -0.2) is 34.7 Å². The molecule has 3 fully saturated rings. The van der Waals surface area contributed by atoms with E-state index in [2.05, 4.69) is 38.0 Å². The average Bonchev–Trinajstić information content (AvgIpc) is 2.95. The van der Waals surface area contributed by atoms with Crippen LogP contribution in [0.15, 0.2) is 24.5 Å². The Morgan fingerprint density at radius 1 is 1.24 bits per heavy atom. The highest BCUT2D eigenvalue weighted by atomic mass is 127. The van der Waals surface area contributed by atoms with Gasteiger partial charge in [-0.3, -0.25) is 0 Å². The minimum atomic E-state index is -3.65. The minimum Gasteiger partial charge on any atom is -0.377 e. The van der Waals surface area contributed by atoms with Gasteiger partial charge in [0.15, 0.2) is 11.9 Å². The Morgan fingerprint density at radius 3 is 2.44 bits per heavy atom. The van der Waals surface area contributed by atoms with Gasteiger partial charge in [0.1, 0.15) is 18.2 Å².